The van der Waals surface area contributed by atoms with Crippen LogP contribution in [0.4, 0.5) is 0 Å². The lowest BCUT2D eigenvalue weighted by molar-refractivity contribution is 0.202. The fourth-order valence-electron chi connectivity index (χ4n) is 0.966. The van der Waals surface area contributed by atoms with Gasteiger partial charge in [0.1, 0.15) is 0 Å². The van der Waals surface area contributed by atoms with Crippen molar-refractivity contribution in [2.75, 3.05) is 13.7 Å². The van der Waals surface area contributed by atoms with Gasteiger partial charge in [-0.1, -0.05) is 26.0 Å². The van der Waals surface area contributed by atoms with Crippen LogP contribution >= 0.6 is 0 Å². The zero-order valence-corrected chi connectivity index (χ0v) is 9.08. The van der Waals surface area contributed by atoms with Gasteiger partial charge in [-0.2, -0.15) is 5.26 Å². The molecule has 0 atom stereocenters. The number of nitrogens with zero attached hydrogens (tertiary/aromatic N) is 1. The van der Waals surface area contributed by atoms with Gasteiger partial charge >= 0.3 is 0 Å². The van der Waals surface area contributed by atoms with Crippen molar-refractivity contribution in [1.82, 2.24) is 0 Å². The molecule has 0 heterocycles. The molecule has 0 bridgehead atoms. The van der Waals surface area contributed by atoms with Crippen LogP contribution in [0.1, 0.15) is 25.0 Å². The summed E-state index contributed by atoms with van der Waals surface area (Å²) in [4.78, 5) is 0. The van der Waals surface area contributed by atoms with E-state index >= 15 is 0 Å². The van der Waals surface area contributed by atoms with E-state index in [0.29, 0.717) is 5.56 Å². The second-order valence-corrected chi connectivity index (χ2v) is 2.55. The van der Waals surface area contributed by atoms with E-state index in [1.165, 1.54) is 5.56 Å². The Hall–Kier alpha value is -1.33. The highest BCUT2D eigenvalue weighted by atomic mass is 16.5. The van der Waals surface area contributed by atoms with Gasteiger partial charge in [0.05, 0.1) is 18.2 Å². The molecule has 2 heteroatoms. The highest BCUT2D eigenvalue weighted by molar-refractivity contribution is 5.31. The van der Waals surface area contributed by atoms with Crippen LogP contribution in [-0.4, -0.2) is 13.7 Å². The van der Waals surface area contributed by atoms with Crippen molar-refractivity contribution in [3.05, 3.63) is 35.4 Å². The Morgan fingerprint density at radius 3 is 2.21 bits per heavy atom. The number of methoxy groups -OCH3 is 1. The lowest BCUT2D eigenvalue weighted by atomic mass is 10.1. The Bertz CT molecular complexity index is 271. The third-order valence-electron chi connectivity index (χ3n) is 1.68. The first-order chi connectivity index (χ1) is 6.86. The molecule has 2 nitrogen and oxygen atoms in total. The third-order valence-corrected chi connectivity index (χ3v) is 1.68. The van der Waals surface area contributed by atoms with Crippen LogP contribution in [0.2, 0.25) is 0 Å². The van der Waals surface area contributed by atoms with Gasteiger partial charge in [0.25, 0.3) is 0 Å². The quantitative estimate of drug-likeness (QED) is 0.736. The number of ether oxygens (including phenoxy) is 1. The van der Waals surface area contributed by atoms with Crippen molar-refractivity contribution in [1.29, 1.82) is 5.26 Å². The molecule has 0 spiro atoms. The SMILES string of the molecule is CC.COCCc1ccc(C#N)cc1. The summed E-state index contributed by atoms with van der Waals surface area (Å²) in [5.41, 5.74) is 1.91. The van der Waals surface area contributed by atoms with Gasteiger partial charge in [-0.25, -0.2) is 0 Å². The lowest BCUT2D eigenvalue weighted by Crippen LogP contribution is -1.93. The van der Waals surface area contributed by atoms with Gasteiger partial charge in [0, 0.05) is 7.11 Å². The molecule has 14 heavy (non-hydrogen) atoms. The summed E-state index contributed by atoms with van der Waals surface area (Å²) >= 11 is 0. The van der Waals surface area contributed by atoms with E-state index in [4.69, 9.17) is 10.00 Å². The number of hydrogen-bond donors (Lipinski definition) is 0. The first-order valence-electron chi connectivity index (χ1n) is 4.85. The summed E-state index contributed by atoms with van der Waals surface area (Å²) in [6.45, 7) is 4.73. The van der Waals surface area contributed by atoms with Gasteiger partial charge in [-0.05, 0) is 24.1 Å². The minimum absolute atomic E-state index is 0.705. The molecule has 0 saturated carbocycles. The normalized spacial score (nSPS) is 8.43. The highest BCUT2D eigenvalue weighted by Crippen LogP contribution is 2.03. The van der Waals surface area contributed by atoms with Gasteiger partial charge in [-0.15, -0.1) is 0 Å². The second-order valence-electron chi connectivity index (χ2n) is 2.55. The molecule has 0 radical (unpaired) electrons. The molecule has 1 aromatic carbocycles. The summed E-state index contributed by atoms with van der Waals surface area (Å²) in [5.74, 6) is 0. The Morgan fingerprint density at radius 1 is 1.21 bits per heavy atom. The molecule has 0 saturated heterocycles. The molecule has 76 valence electrons. The van der Waals surface area contributed by atoms with Gasteiger partial charge in [-0.3, -0.25) is 0 Å². The Kier molecular flexibility index (Phi) is 7.49. The number of hydrogen-bond acceptors (Lipinski definition) is 2. The van der Waals surface area contributed by atoms with Gasteiger partial charge < -0.3 is 4.74 Å². The smallest absolute Gasteiger partial charge is 0.0991 e. The summed E-state index contributed by atoms with van der Waals surface area (Å²) in [6.07, 6.45) is 0.905. The molecular weight excluding hydrogens is 174 g/mol. The molecule has 0 aromatic heterocycles. The first-order valence-corrected chi connectivity index (χ1v) is 4.85. The zero-order chi connectivity index (χ0) is 10.8. The van der Waals surface area contributed by atoms with E-state index in [-0.39, 0.29) is 0 Å². The fraction of sp³-hybridized carbons (Fsp3) is 0.417. The molecule has 0 unspecified atom stereocenters. The fourth-order valence-corrected chi connectivity index (χ4v) is 0.966. The topological polar surface area (TPSA) is 33.0 Å². The summed E-state index contributed by atoms with van der Waals surface area (Å²) in [5, 5.41) is 8.53. The third kappa shape index (κ3) is 4.64. The molecule has 1 aromatic rings. The van der Waals surface area contributed by atoms with Gasteiger partial charge in [0.15, 0.2) is 0 Å². The Labute approximate surface area is 86.1 Å². The monoisotopic (exact) mass is 191 g/mol. The molecule has 0 amide bonds. The van der Waals surface area contributed by atoms with Crippen molar-refractivity contribution in [2.45, 2.75) is 20.3 Å². The van der Waals surface area contributed by atoms with Crippen molar-refractivity contribution in [3.63, 3.8) is 0 Å². The summed E-state index contributed by atoms with van der Waals surface area (Å²) in [6, 6.07) is 9.64. The van der Waals surface area contributed by atoms with Crippen molar-refractivity contribution in [2.24, 2.45) is 0 Å². The molecule has 1 rings (SSSR count). The molecule has 0 aliphatic heterocycles. The molecular formula is C12H17NO. The van der Waals surface area contributed by atoms with Crippen LogP contribution in [0.25, 0.3) is 0 Å². The van der Waals surface area contributed by atoms with Crippen molar-refractivity contribution in [3.8, 4) is 6.07 Å². The number of benzene rings is 1. The van der Waals surface area contributed by atoms with E-state index in [1.54, 1.807) is 7.11 Å². The summed E-state index contributed by atoms with van der Waals surface area (Å²) < 4.78 is 4.94. The maximum atomic E-state index is 8.53. The molecule has 0 aliphatic carbocycles. The molecule has 0 N–H and O–H groups in total. The van der Waals surface area contributed by atoms with Gasteiger partial charge in [0.2, 0.25) is 0 Å². The number of nitriles is 1. The Morgan fingerprint density at radius 2 is 1.79 bits per heavy atom. The van der Waals surface area contributed by atoms with E-state index < -0.39 is 0 Å². The van der Waals surface area contributed by atoms with Crippen molar-refractivity contribution < 1.29 is 4.74 Å². The van der Waals surface area contributed by atoms with Crippen molar-refractivity contribution >= 4 is 0 Å². The van der Waals surface area contributed by atoms with Crippen LogP contribution in [0.5, 0.6) is 0 Å². The first kappa shape index (κ1) is 12.7. The van der Waals surface area contributed by atoms with E-state index in [9.17, 15) is 0 Å². The minimum atomic E-state index is 0.705. The zero-order valence-electron chi connectivity index (χ0n) is 9.08. The maximum absolute atomic E-state index is 8.53. The minimum Gasteiger partial charge on any atom is -0.384 e. The predicted molar refractivity (Wildman–Crippen MR) is 58.1 cm³/mol. The lowest BCUT2D eigenvalue weighted by Gasteiger charge is -1.98. The van der Waals surface area contributed by atoms with Crippen LogP contribution < -0.4 is 0 Å². The largest absolute Gasteiger partial charge is 0.384 e. The average Bonchev–Trinajstić information content (AvgIpc) is 2.30. The van der Waals surface area contributed by atoms with Crippen LogP contribution in [0.15, 0.2) is 24.3 Å². The van der Waals surface area contributed by atoms with Crippen LogP contribution in [0.3, 0.4) is 0 Å². The Balaban J connectivity index is 0.000000791. The molecule has 0 aliphatic rings. The van der Waals surface area contributed by atoms with E-state index in [2.05, 4.69) is 6.07 Å². The molecule has 0 fully saturated rings. The number of rotatable bonds is 3. The van der Waals surface area contributed by atoms with E-state index in [0.717, 1.165) is 13.0 Å². The summed E-state index contributed by atoms with van der Waals surface area (Å²) in [7, 11) is 1.68. The van der Waals surface area contributed by atoms with Crippen LogP contribution in [0, 0.1) is 11.3 Å². The van der Waals surface area contributed by atoms with E-state index in [1.807, 2.05) is 38.1 Å². The standard InChI is InChI=1S/C10H11NO.C2H6/c1-12-7-6-9-2-4-10(8-11)5-3-9;1-2/h2-5H,6-7H2,1H3;1-2H3. The average molecular weight is 191 g/mol. The second kappa shape index (κ2) is 8.28. The van der Waals surface area contributed by atoms with Crippen LogP contribution in [-0.2, 0) is 11.2 Å². The maximum Gasteiger partial charge on any atom is 0.0991 e. The predicted octanol–water partition coefficient (Wildman–Crippen LogP) is 2.77. The highest BCUT2D eigenvalue weighted by Gasteiger charge is 1.92.